The Kier molecular flexibility index (Phi) is 77.2. The summed E-state index contributed by atoms with van der Waals surface area (Å²) >= 11 is 0. The Morgan fingerprint density at radius 1 is 0.257 bits per heavy atom. The van der Waals surface area contributed by atoms with Gasteiger partial charge in [-0.1, -0.05) is 421 Å². The Balaban J connectivity index is 5.23. The molecule has 0 aliphatic heterocycles. The number of esters is 4. The molecule has 0 fully saturated rings. The zero-order valence-corrected chi connectivity index (χ0v) is 74.0. The fraction of sp³-hybridized carbons (Fsp3) is 0.956. The summed E-state index contributed by atoms with van der Waals surface area (Å²) in [6.45, 7) is 14.4. The molecule has 19 heteroatoms. The van der Waals surface area contributed by atoms with Crippen LogP contribution < -0.4 is 0 Å². The molecule has 5 unspecified atom stereocenters. The summed E-state index contributed by atoms with van der Waals surface area (Å²) in [5, 5.41) is 10.7. The lowest BCUT2D eigenvalue weighted by molar-refractivity contribution is -0.161. The number of aliphatic hydroxyl groups excluding tert-OH is 1. The average molecular weight is 1590 g/mol. The number of hydrogen-bond acceptors (Lipinski definition) is 15. The van der Waals surface area contributed by atoms with Gasteiger partial charge in [-0.05, 0) is 49.4 Å². The van der Waals surface area contributed by atoms with Crippen LogP contribution in [0.15, 0.2) is 0 Å². The Morgan fingerprint density at radius 3 is 0.651 bits per heavy atom. The van der Waals surface area contributed by atoms with Crippen molar-refractivity contribution in [2.45, 2.75) is 491 Å². The van der Waals surface area contributed by atoms with Gasteiger partial charge in [0.15, 0.2) is 12.2 Å². The highest BCUT2D eigenvalue weighted by molar-refractivity contribution is 7.47. The maximum Gasteiger partial charge on any atom is 0.472 e. The molecule has 0 aliphatic carbocycles. The molecule has 0 aliphatic rings. The van der Waals surface area contributed by atoms with Crippen molar-refractivity contribution < 1.29 is 80.2 Å². The Morgan fingerprint density at radius 2 is 0.440 bits per heavy atom. The molecule has 3 N–H and O–H groups in total. The molecule has 0 aromatic rings. The molecule has 8 atom stereocenters. The Bertz CT molecular complexity index is 2120. The lowest BCUT2D eigenvalue weighted by atomic mass is 9.99. The van der Waals surface area contributed by atoms with Crippen LogP contribution in [0, 0.1) is 23.7 Å². The summed E-state index contributed by atoms with van der Waals surface area (Å²) in [7, 11) is -9.93. The van der Waals surface area contributed by atoms with E-state index in [1.54, 1.807) is 0 Å². The van der Waals surface area contributed by atoms with Gasteiger partial charge in [0.1, 0.15) is 19.3 Å². The molecule has 0 heterocycles. The van der Waals surface area contributed by atoms with Gasteiger partial charge in [-0.3, -0.25) is 37.3 Å². The second-order valence-corrected chi connectivity index (χ2v) is 36.5. The molecule has 0 bridgehead atoms. The van der Waals surface area contributed by atoms with Gasteiger partial charge >= 0.3 is 39.5 Å². The molecule has 0 aromatic carbocycles. The third-order valence-electron chi connectivity index (χ3n) is 22.2. The predicted octanol–water partition coefficient (Wildman–Crippen LogP) is 27.5. The fourth-order valence-electron chi connectivity index (χ4n) is 13.9. The van der Waals surface area contributed by atoms with Gasteiger partial charge in [-0.25, -0.2) is 9.13 Å². The molecule has 0 aromatic heterocycles. The molecule has 0 saturated heterocycles. The number of carbonyl (C=O) groups excluding carboxylic acids is 4. The third kappa shape index (κ3) is 79.7. The van der Waals surface area contributed by atoms with Crippen LogP contribution in [0.4, 0.5) is 0 Å². The number of phosphoric acid groups is 2. The van der Waals surface area contributed by atoms with E-state index in [4.69, 9.17) is 37.0 Å². The van der Waals surface area contributed by atoms with Crippen molar-refractivity contribution in [1.29, 1.82) is 0 Å². The summed E-state index contributed by atoms with van der Waals surface area (Å²) < 4.78 is 69.0. The SMILES string of the molecule is CCC(C)CCCCCCCCCCCCCCCCCCCCC(=O)OC[C@H](COP(=O)(O)OC[C@@H](O)COP(=O)(O)OC[C@@H](COC(=O)CCCCCCCCCCC(C)CC)OC(=O)CCCCCCCCCCCCC(C)C)OC(=O)CCCCCCCCCCCCCCCCCCCCC(C)CC. The summed E-state index contributed by atoms with van der Waals surface area (Å²) in [5.41, 5.74) is 0. The number of unbranched alkanes of at least 4 members (excludes halogenated alkanes) is 50. The van der Waals surface area contributed by atoms with Crippen molar-refractivity contribution >= 4 is 39.5 Å². The van der Waals surface area contributed by atoms with Crippen molar-refractivity contribution in [2.24, 2.45) is 23.7 Å². The van der Waals surface area contributed by atoms with Crippen LogP contribution in [0.5, 0.6) is 0 Å². The van der Waals surface area contributed by atoms with Crippen molar-refractivity contribution in [2.75, 3.05) is 39.6 Å². The minimum atomic E-state index is -4.97. The summed E-state index contributed by atoms with van der Waals surface area (Å²) in [6, 6.07) is 0. The maximum atomic E-state index is 13.2. The standard InChI is InChI=1S/C90H176O17P2/c1-9-81(6)67-59-51-43-35-28-24-20-16-12-14-18-22-26-30-37-46-54-62-70-87(92)100-76-85(106-89(94)72-64-56-48-38-31-27-23-19-15-13-17-21-25-29-36-44-52-60-68-82(7)10-2)78-104-108(96,97)102-74-84(91)75-103-109(98,99)105-79-86(77-101-88(93)71-63-55-47-41-40-45-53-61-69-83(8)11-3)107-90(95)73-65-57-49-39-33-32-34-42-50-58-66-80(4)5/h80-86,91H,9-79H2,1-8H3,(H,96,97)(H,98,99)/t81?,82?,83?,84-,85-,86-/m1/s1. The summed E-state index contributed by atoms with van der Waals surface area (Å²) in [6.07, 6.45) is 69.4. The van der Waals surface area contributed by atoms with E-state index in [-0.39, 0.29) is 25.7 Å². The molecular formula is C90H176O17P2. The summed E-state index contributed by atoms with van der Waals surface area (Å²) in [4.78, 5) is 73.3. The van der Waals surface area contributed by atoms with E-state index in [0.29, 0.717) is 25.7 Å². The highest BCUT2D eigenvalue weighted by atomic mass is 31.2. The molecule has 648 valence electrons. The molecule has 0 radical (unpaired) electrons. The Hall–Kier alpha value is -1.94. The van der Waals surface area contributed by atoms with Crippen LogP contribution in [0.2, 0.25) is 0 Å². The van der Waals surface area contributed by atoms with Crippen molar-refractivity contribution in [3.8, 4) is 0 Å². The monoisotopic (exact) mass is 1590 g/mol. The fourth-order valence-corrected chi connectivity index (χ4v) is 15.5. The minimum absolute atomic E-state index is 0.105. The van der Waals surface area contributed by atoms with Crippen molar-refractivity contribution in [3.05, 3.63) is 0 Å². The van der Waals surface area contributed by atoms with Gasteiger partial charge < -0.3 is 33.8 Å². The smallest absolute Gasteiger partial charge is 0.462 e. The van der Waals surface area contributed by atoms with Crippen molar-refractivity contribution in [3.63, 3.8) is 0 Å². The molecule has 109 heavy (non-hydrogen) atoms. The van der Waals surface area contributed by atoms with Gasteiger partial charge in [0.25, 0.3) is 0 Å². The number of aliphatic hydroxyl groups is 1. The maximum absolute atomic E-state index is 13.2. The lowest BCUT2D eigenvalue weighted by Gasteiger charge is -2.21. The first-order valence-corrected chi connectivity index (χ1v) is 49.3. The van der Waals surface area contributed by atoms with Crippen LogP contribution >= 0.6 is 15.6 Å². The largest absolute Gasteiger partial charge is 0.472 e. The number of carbonyl (C=O) groups is 4. The minimum Gasteiger partial charge on any atom is -0.462 e. The number of rotatable bonds is 87. The van der Waals surface area contributed by atoms with E-state index in [9.17, 15) is 43.2 Å². The van der Waals surface area contributed by atoms with Crippen LogP contribution in [0.3, 0.4) is 0 Å². The quantitative estimate of drug-likeness (QED) is 0.0222. The summed E-state index contributed by atoms with van der Waals surface area (Å²) in [5.74, 6) is 1.17. The topological polar surface area (TPSA) is 237 Å². The van der Waals surface area contributed by atoms with E-state index in [2.05, 4.69) is 55.4 Å². The van der Waals surface area contributed by atoms with E-state index in [1.165, 1.54) is 276 Å². The van der Waals surface area contributed by atoms with Crippen molar-refractivity contribution in [1.82, 2.24) is 0 Å². The second-order valence-electron chi connectivity index (χ2n) is 33.5. The highest BCUT2D eigenvalue weighted by Gasteiger charge is 2.31. The van der Waals surface area contributed by atoms with E-state index in [1.807, 2.05) is 0 Å². The van der Waals surface area contributed by atoms with E-state index < -0.39 is 97.5 Å². The second kappa shape index (κ2) is 78.6. The van der Waals surface area contributed by atoms with E-state index >= 15 is 0 Å². The highest BCUT2D eigenvalue weighted by Crippen LogP contribution is 2.45. The molecular weight excluding hydrogens is 1410 g/mol. The number of ether oxygens (including phenoxy) is 4. The van der Waals surface area contributed by atoms with Gasteiger partial charge in [-0.15, -0.1) is 0 Å². The number of phosphoric ester groups is 2. The van der Waals surface area contributed by atoms with Crippen LogP contribution in [0.1, 0.15) is 473 Å². The predicted molar refractivity (Wildman–Crippen MR) is 451 cm³/mol. The number of hydrogen-bond donors (Lipinski definition) is 3. The molecule has 0 rings (SSSR count). The Labute approximate surface area is 670 Å². The van der Waals surface area contributed by atoms with Crippen LogP contribution in [-0.2, 0) is 65.4 Å². The third-order valence-corrected chi connectivity index (χ3v) is 24.1. The lowest BCUT2D eigenvalue weighted by Crippen LogP contribution is -2.30. The molecule has 17 nitrogen and oxygen atoms in total. The van der Waals surface area contributed by atoms with Gasteiger partial charge in [-0.2, -0.15) is 0 Å². The first-order chi connectivity index (χ1) is 52.7. The van der Waals surface area contributed by atoms with E-state index in [0.717, 1.165) is 114 Å². The van der Waals surface area contributed by atoms with Crippen LogP contribution in [0.25, 0.3) is 0 Å². The van der Waals surface area contributed by atoms with Gasteiger partial charge in [0, 0.05) is 25.7 Å². The average Bonchev–Trinajstić information content (AvgIpc) is 0.902. The molecule has 0 saturated carbocycles. The zero-order chi connectivity index (χ0) is 80.2. The van der Waals surface area contributed by atoms with Gasteiger partial charge in [0.2, 0.25) is 0 Å². The zero-order valence-electron chi connectivity index (χ0n) is 72.2. The van der Waals surface area contributed by atoms with Gasteiger partial charge in [0.05, 0.1) is 26.4 Å². The molecule has 0 spiro atoms. The van der Waals surface area contributed by atoms with Crippen LogP contribution in [-0.4, -0.2) is 96.7 Å². The normalized spacial score (nSPS) is 14.6. The molecule has 0 amide bonds. The first-order valence-electron chi connectivity index (χ1n) is 46.3. The first kappa shape index (κ1) is 107.